The van der Waals surface area contributed by atoms with Gasteiger partial charge in [-0.15, -0.1) is 0 Å². The van der Waals surface area contributed by atoms with E-state index in [1.165, 1.54) is 0 Å². The maximum atomic E-state index is 11.6. The van der Waals surface area contributed by atoms with E-state index >= 15 is 0 Å². The summed E-state index contributed by atoms with van der Waals surface area (Å²) < 4.78 is 0. The molecule has 0 aliphatic heterocycles. The van der Waals surface area contributed by atoms with E-state index in [-0.39, 0.29) is 5.91 Å². The molecule has 0 aromatic heterocycles. The van der Waals surface area contributed by atoms with Gasteiger partial charge in [0.1, 0.15) is 0 Å². The molecule has 0 rings (SSSR count). The summed E-state index contributed by atoms with van der Waals surface area (Å²) in [5, 5.41) is 6.33. The van der Waals surface area contributed by atoms with Crippen molar-refractivity contribution in [2.45, 2.75) is 46.6 Å². The number of amides is 1. The van der Waals surface area contributed by atoms with Gasteiger partial charge in [0.25, 0.3) is 0 Å². The molecular weight excluding hydrogens is 226 g/mol. The second kappa shape index (κ2) is 10.3. The summed E-state index contributed by atoms with van der Waals surface area (Å²) in [5.74, 6) is 0.736. The molecule has 0 bridgehead atoms. The average Bonchev–Trinajstić information content (AvgIpc) is 2.21. The van der Waals surface area contributed by atoms with Gasteiger partial charge in [-0.1, -0.05) is 27.7 Å². The van der Waals surface area contributed by atoms with Gasteiger partial charge >= 0.3 is 0 Å². The molecule has 0 radical (unpaired) electrons. The van der Waals surface area contributed by atoms with Crippen molar-refractivity contribution >= 4 is 5.91 Å². The fourth-order valence-corrected chi connectivity index (χ4v) is 1.86. The summed E-state index contributed by atoms with van der Waals surface area (Å²) in [6, 6.07) is 0.546. The molecule has 18 heavy (non-hydrogen) atoms. The van der Waals surface area contributed by atoms with Crippen LogP contribution in [0.5, 0.6) is 0 Å². The van der Waals surface area contributed by atoms with E-state index in [2.05, 4.69) is 43.2 Å². The summed E-state index contributed by atoms with van der Waals surface area (Å²) >= 11 is 0. The highest BCUT2D eigenvalue weighted by Crippen LogP contribution is 1.95. The largest absolute Gasteiger partial charge is 0.355 e. The summed E-state index contributed by atoms with van der Waals surface area (Å²) in [7, 11) is 1.99. The Morgan fingerprint density at radius 2 is 1.72 bits per heavy atom. The van der Waals surface area contributed by atoms with Crippen molar-refractivity contribution < 1.29 is 4.79 Å². The Morgan fingerprint density at radius 1 is 1.11 bits per heavy atom. The predicted octanol–water partition coefficient (Wildman–Crippen LogP) is 1.47. The van der Waals surface area contributed by atoms with Crippen LogP contribution in [-0.2, 0) is 4.79 Å². The number of hydrogen-bond donors (Lipinski definition) is 2. The summed E-state index contributed by atoms with van der Waals surface area (Å²) in [4.78, 5) is 13.7. The number of hydrogen-bond acceptors (Lipinski definition) is 3. The second-order valence-electron chi connectivity index (χ2n) is 5.76. The summed E-state index contributed by atoms with van der Waals surface area (Å²) in [6.45, 7) is 11.9. The van der Waals surface area contributed by atoms with Crippen molar-refractivity contribution in [2.75, 3.05) is 33.2 Å². The molecule has 0 fully saturated rings. The normalized spacial score (nSPS) is 11.6. The van der Waals surface area contributed by atoms with Crippen LogP contribution in [0, 0.1) is 5.92 Å². The standard InChI is InChI=1S/C14H31N3O/c1-12(2)10-17(5)11-14(18)16-9-7-6-8-15-13(3)4/h12-13,15H,6-11H2,1-5H3,(H,16,18). The molecule has 0 heterocycles. The van der Waals surface area contributed by atoms with E-state index in [9.17, 15) is 4.79 Å². The van der Waals surface area contributed by atoms with Crippen molar-refractivity contribution in [1.82, 2.24) is 15.5 Å². The molecule has 0 aromatic carbocycles. The molecule has 0 unspecified atom stereocenters. The van der Waals surface area contributed by atoms with E-state index < -0.39 is 0 Å². The molecule has 0 aromatic rings. The van der Waals surface area contributed by atoms with Gasteiger partial charge < -0.3 is 10.6 Å². The minimum absolute atomic E-state index is 0.134. The first-order chi connectivity index (χ1) is 8.41. The Kier molecular flexibility index (Phi) is 9.98. The van der Waals surface area contributed by atoms with E-state index in [0.717, 1.165) is 32.5 Å². The Labute approximate surface area is 113 Å². The third-order valence-corrected chi connectivity index (χ3v) is 2.57. The highest BCUT2D eigenvalue weighted by atomic mass is 16.2. The van der Waals surface area contributed by atoms with Gasteiger partial charge in [-0.05, 0) is 32.4 Å². The number of nitrogens with one attached hydrogen (secondary N) is 2. The van der Waals surface area contributed by atoms with Crippen molar-refractivity contribution in [1.29, 1.82) is 0 Å². The lowest BCUT2D eigenvalue weighted by atomic mass is 10.2. The minimum atomic E-state index is 0.134. The monoisotopic (exact) mass is 257 g/mol. The maximum Gasteiger partial charge on any atom is 0.234 e. The van der Waals surface area contributed by atoms with Crippen LogP contribution < -0.4 is 10.6 Å². The van der Waals surface area contributed by atoms with E-state index in [4.69, 9.17) is 0 Å². The van der Waals surface area contributed by atoms with Crippen molar-refractivity contribution in [3.05, 3.63) is 0 Å². The van der Waals surface area contributed by atoms with Crippen LogP contribution in [0.25, 0.3) is 0 Å². The molecule has 0 atom stereocenters. The molecule has 108 valence electrons. The van der Waals surface area contributed by atoms with Crippen LogP contribution in [-0.4, -0.2) is 50.1 Å². The van der Waals surface area contributed by atoms with Crippen LogP contribution in [0.1, 0.15) is 40.5 Å². The Hall–Kier alpha value is -0.610. The van der Waals surface area contributed by atoms with Crippen LogP contribution >= 0.6 is 0 Å². The Bertz CT molecular complexity index is 217. The molecule has 2 N–H and O–H groups in total. The number of rotatable bonds is 10. The molecular formula is C14H31N3O. The molecule has 0 saturated heterocycles. The topological polar surface area (TPSA) is 44.4 Å². The third-order valence-electron chi connectivity index (χ3n) is 2.57. The maximum absolute atomic E-state index is 11.6. The number of likely N-dealkylation sites (N-methyl/N-ethyl adjacent to an activating group) is 1. The zero-order chi connectivity index (χ0) is 14.0. The molecule has 0 aliphatic carbocycles. The first-order valence-corrected chi connectivity index (χ1v) is 7.10. The number of nitrogens with zero attached hydrogens (tertiary/aromatic N) is 1. The fourth-order valence-electron chi connectivity index (χ4n) is 1.86. The van der Waals surface area contributed by atoms with E-state index in [0.29, 0.717) is 18.5 Å². The third kappa shape index (κ3) is 11.9. The van der Waals surface area contributed by atoms with Gasteiger partial charge in [-0.25, -0.2) is 0 Å². The van der Waals surface area contributed by atoms with Gasteiger partial charge in [0.15, 0.2) is 0 Å². The van der Waals surface area contributed by atoms with Crippen molar-refractivity contribution in [3.8, 4) is 0 Å². The lowest BCUT2D eigenvalue weighted by molar-refractivity contribution is -0.122. The molecule has 1 amide bonds. The van der Waals surface area contributed by atoms with Gasteiger partial charge in [-0.2, -0.15) is 0 Å². The van der Waals surface area contributed by atoms with Gasteiger partial charge in [0.05, 0.1) is 6.54 Å². The highest BCUT2D eigenvalue weighted by molar-refractivity contribution is 5.77. The molecule has 4 nitrogen and oxygen atoms in total. The zero-order valence-corrected chi connectivity index (χ0v) is 12.8. The SMILES string of the molecule is CC(C)CN(C)CC(=O)NCCCCNC(C)C. The second-order valence-corrected chi connectivity index (χ2v) is 5.76. The lowest BCUT2D eigenvalue weighted by Gasteiger charge is -2.18. The number of carbonyl (C=O) groups is 1. The Morgan fingerprint density at radius 3 is 2.28 bits per heavy atom. The van der Waals surface area contributed by atoms with Crippen LogP contribution in [0.4, 0.5) is 0 Å². The van der Waals surface area contributed by atoms with E-state index in [1.54, 1.807) is 0 Å². The lowest BCUT2D eigenvalue weighted by Crippen LogP contribution is -2.37. The van der Waals surface area contributed by atoms with Crippen molar-refractivity contribution in [2.24, 2.45) is 5.92 Å². The number of carbonyl (C=O) groups excluding carboxylic acids is 1. The van der Waals surface area contributed by atoms with Gasteiger partial charge in [0.2, 0.25) is 5.91 Å². The van der Waals surface area contributed by atoms with Crippen LogP contribution in [0.15, 0.2) is 0 Å². The first kappa shape index (κ1) is 17.4. The molecule has 0 aliphatic rings. The summed E-state index contributed by atoms with van der Waals surface area (Å²) in [5.41, 5.74) is 0. The van der Waals surface area contributed by atoms with Gasteiger partial charge in [-0.3, -0.25) is 9.69 Å². The Balaban J connectivity index is 3.42. The van der Waals surface area contributed by atoms with Crippen LogP contribution in [0.2, 0.25) is 0 Å². The fraction of sp³-hybridized carbons (Fsp3) is 0.929. The minimum Gasteiger partial charge on any atom is -0.355 e. The molecule has 0 saturated carbocycles. The van der Waals surface area contributed by atoms with Crippen LogP contribution in [0.3, 0.4) is 0 Å². The predicted molar refractivity (Wildman–Crippen MR) is 77.7 cm³/mol. The molecule has 0 spiro atoms. The quantitative estimate of drug-likeness (QED) is 0.583. The number of unbranched alkanes of at least 4 members (excludes halogenated alkanes) is 1. The smallest absolute Gasteiger partial charge is 0.234 e. The zero-order valence-electron chi connectivity index (χ0n) is 12.8. The van der Waals surface area contributed by atoms with Gasteiger partial charge in [0, 0.05) is 19.1 Å². The molecule has 4 heteroatoms. The average molecular weight is 257 g/mol. The van der Waals surface area contributed by atoms with E-state index in [1.807, 2.05) is 7.05 Å². The summed E-state index contributed by atoms with van der Waals surface area (Å²) in [6.07, 6.45) is 2.15. The first-order valence-electron chi connectivity index (χ1n) is 7.10. The van der Waals surface area contributed by atoms with Crippen molar-refractivity contribution in [3.63, 3.8) is 0 Å². The highest BCUT2D eigenvalue weighted by Gasteiger charge is 2.06.